The van der Waals surface area contributed by atoms with Gasteiger partial charge in [0.15, 0.2) is 0 Å². The van der Waals surface area contributed by atoms with Crippen LogP contribution in [-0.2, 0) is 20.8 Å². The fourth-order valence-electron chi connectivity index (χ4n) is 5.03. The van der Waals surface area contributed by atoms with Crippen molar-refractivity contribution in [2.75, 3.05) is 48.4 Å². The van der Waals surface area contributed by atoms with E-state index in [-0.39, 0.29) is 12.6 Å². The van der Waals surface area contributed by atoms with E-state index >= 15 is 0 Å². The van der Waals surface area contributed by atoms with Crippen LogP contribution in [-0.4, -0.2) is 67.6 Å². The van der Waals surface area contributed by atoms with Crippen LogP contribution in [0, 0.1) is 0 Å². The second kappa shape index (κ2) is 12.5. The van der Waals surface area contributed by atoms with E-state index in [1.807, 2.05) is 63.2 Å². The molecule has 0 saturated carbocycles. The van der Waals surface area contributed by atoms with Gasteiger partial charge in [0.05, 0.1) is 24.6 Å². The van der Waals surface area contributed by atoms with E-state index in [2.05, 4.69) is 27.4 Å². The lowest BCUT2D eigenvalue weighted by molar-refractivity contribution is 0.00899. The van der Waals surface area contributed by atoms with Gasteiger partial charge in [0, 0.05) is 37.4 Å². The average Bonchev–Trinajstić information content (AvgIpc) is 2.88. The molecule has 2 amide bonds. The van der Waals surface area contributed by atoms with Gasteiger partial charge in [-0.25, -0.2) is 9.59 Å². The van der Waals surface area contributed by atoms with Gasteiger partial charge in [-0.15, -0.1) is 0 Å². The Morgan fingerprint density at radius 1 is 1.00 bits per heavy atom. The summed E-state index contributed by atoms with van der Waals surface area (Å²) in [5.41, 5.74) is 2.27. The maximum Gasteiger partial charge on any atom is 0.412 e. The second-order valence-corrected chi connectivity index (χ2v) is 10.9. The Morgan fingerprint density at radius 3 is 2.42 bits per heavy atom. The van der Waals surface area contributed by atoms with Crippen molar-refractivity contribution in [2.45, 2.75) is 64.8 Å². The minimum absolute atomic E-state index is 0.170. The van der Waals surface area contributed by atoms with Crippen LogP contribution in [0.25, 0.3) is 0 Å². The molecule has 2 aromatic rings. The SMILES string of the molecule is CC1CC(N2CCOCC2)CCN1c1ccc(NC(=O)OCc2ccccc2)cc1NC(=O)OC(C)(C)C. The number of ether oxygens (including phenoxy) is 3. The molecule has 4 rings (SSSR count). The van der Waals surface area contributed by atoms with Crippen molar-refractivity contribution in [1.29, 1.82) is 0 Å². The highest BCUT2D eigenvalue weighted by atomic mass is 16.6. The van der Waals surface area contributed by atoms with Crippen LogP contribution < -0.4 is 15.5 Å². The maximum absolute atomic E-state index is 12.7. The zero-order valence-electron chi connectivity index (χ0n) is 22.9. The Morgan fingerprint density at radius 2 is 1.74 bits per heavy atom. The number of rotatable bonds is 6. The quantitative estimate of drug-likeness (QED) is 0.518. The fraction of sp³-hybridized carbons (Fsp3) is 0.517. The summed E-state index contributed by atoms with van der Waals surface area (Å²) in [6, 6.07) is 15.8. The summed E-state index contributed by atoms with van der Waals surface area (Å²) in [5.74, 6) is 0. The summed E-state index contributed by atoms with van der Waals surface area (Å²) < 4.78 is 16.4. The van der Waals surface area contributed by atoms with E-state index in [1.165, 1.54) is 0 Å². The molecule has 2 heterocycles. The smallest absolute Gasteiger partial charge is 0.412 e. The van der Waals surface area contributed by atoms with Gasteiger partial charge in [0.25, 0.3) is 0 Å². The Bertz CT molecular complexity index is 1080. The highest BCUT2D eigenvalue weighted by molar-refractivity contribution is 5.93. The monoisotopic (exact) mass is 524 g/mol. The molecule has 2 N–H and O–H groups in total. The van der Waals surface area contributed by atoms with Crippen LogP contribution in [0.3, 0.4) is 0 Å². The molecule has 0 spiro atoms. The molecule has 0 radical (unpaired) electrons. The van der Waals surface area contributed by atoms with E-state index in [1.54, 1.807) is 6.07 Å². The van der Waals surface area contributed by atoms with Crippen molar-refractivity contribution in [3.05, 3.63) is 54.1 Å². The predicted octanol–water partition coefficient (Wildman–Crippen LogP) is 5.47. The van der Waals surface area contributed by atoms with Gasteiger partial charge in [0.2, 0.25) is 0 Å². The zero-order valence-corrected chi connectivity index (χ0v) is 22.9. The zero-order chi connectivity index (χ0) is 27.1. The average molecular weight is 525 g/mol. The fourth-order valence-corrected chi connectivity index (χ4v) is 5.03. The summed E-state index contributed by atoms with van der Waals surface area (Å²) >= 11 is 0. The van der Waals surface area contributed by atoms with Crippen LogP contribution in [0.4, 0.5) is 26.7 Å². The number of hydrogen-bond donors (Lipinski definition) is 2. The molecule has 9 nitrogen and oxygen atoms in total. The molecule has 2 aliphatic heterocycles. The number of benzene rings is 2. The number of hydrogen-bond acceptors (Lipinski definition) is 7. The molecule has 2 unspecified atom stereocenters. The maximum atomic E-state index is 12.7. The number of carbonyl (C=O) groups excluding carboxylic acids is 2. The van der Waals surface area contributed by atoms with Crippen LogP contribution in [0.5, 0.6) is 0 Å². The van der Waals surface area contributed by atoms with Gasteiger partial charge < -0.3 is 19.1 Å². The van der Waals surface area contributed by atoms with Gasteiger partial charge in [-0.3, -0.25) is 15.5 Å². The first-order valence-electron chi connectivity index (χ1n) is 13.4. The molecule has 2 fully saturated rings. The highest BCUT2D eigenvalue weighted by Gasteiger charge is 2.31. The van der Waals surface area contributed by atoms with Gasteiger partial charge >= 0.3 is 12.2 Å². The number of nitrogens with zero attached hydrogens (tertiary/aromatic N) is 2. The van der Waals surface area contributed by atoms with E-state index in [0.717, 1.165) is 56.9 Å². The van der Waals surface area contributed by atoms with E-state index < -0.39 is 17.8 Å². The first-order chi connectivity index (χ1) is 18.2. The molecule has 2 atom stereocenters. The van der Waals surface area contributed by atoms with E-state index in [9.17, 15) is 9.59 Å². The van der Waals surface area contributed by atoms with Crippen molar-refractivity contribution in [1.82, 2.24) is 4.90 Å². The predicted molar refractivity (Wildman–Crippen MR) is 149 cm³/mol. The van der Waals surface area contributed by atoms with Crippen molar-refractivity contribution in [3.8, 4) is 0 Å². The Hall–Kier alpha value is -3.30. The van der Waals surface area contributed by atoms with Crippen molar-refractivity contribution >= 4 is 29.2 Å². The third kappa shape index (κ3) is 7.85. The molecule has 0 aromatic heterocycles. The van der Waals surface area contributed by atoms with Crippen molar-refractivity contribution < 1.29 is 23.8 Å². The number of anilines is 3. The molecule has 2 aliphatic rings. The lowest BCUT2D eigenvalue weighted by Crippen LogP contribution is -2.52. The molecule has 38 heavy (non-hydrogen) atoms. The molecule has 0 bridgehead atoms. The Balaban J connectivity index is 1.47. The lowest BCUT2D eigenvalue weighted by Gasteiger charge is -2.44. The molecule has 9 heteroatoms. The number of morpholine rings is 1. The molecule has 0 aliphatic carbocycles. The number of piperidine rings is 1. The summed E-state index contributed by atoms with van der Waals surface area (Å²) in [6.45, 7) is 12.3. The number of nitrogens with one attached hydrogen (secondary N) is 2. The third-order valence-corrected chi connectivity index (χ3v) is 6.81. The van der Waals surface area contributed by atoms with Gasteiger partial charge in [0.1, 0.15) is 12.2 Å². The molecular formula is C29H40N4O5. The molecule has 2 saturated heterocycles. The third-order valence-electron chi connectivity index (χ3n) is 6.81. The van der Waals surface area contributed by atoms with Crippen LogP contribution in [0.1, 0.15) is 46.1 Å². The first kappa shape index (κ1) is 27.7. The first-order valence-corrected chi connectivity index (χ1v) is 13.4. The summed E-state index contributed by atoms with van der Waals surface area (Å²) in [5, 5.41) is 5.68. The number of carbonyl (C=O) groups is 2. The van der Waals surface area contributed by atoms with E-state index in [0.29, 0.717) is 17.4 Å². The molecular weight excluding hydrogens is 484 g/mol. The largest absolute Gasteiger partial charge is 0.444 e. The Labute approximate surface area is 225 Å². The van der Waals surface area contributed by atoms with E-state index in [4.69, 9.17) is 14.2 Å². The summed E-state index contributed by atoms with van der Waals surface area (Å²) in [7, 11) is 0. The summed E-state index contributed by atoms with van der Waals surface area (Å²) in [4.78, 5) is 30.0. The van der Waals surface area contributed by atoms with Crippen LogP contribution >= 0.6 is 0 Å². The minimum atomic E-state index is -0.634. The van der Waals surface area contributed by atoms with Crippen molar-refractivity contribution in [3.63, 3.8) is 0 Å². The van der Waals surface area contributed by atoms with Gasteiger partial charge in [-0.1, -0.05) is 30.3 Å². The topological polar surface area (TPSA) is 92.4 Å². The van der Waals surface area contributed by atoms with Gasteiger partial charge in [-0.2, -0.15) is 0 Å². The van der Waals surface area contributed by atoms with Crippen molar-refractivity contribution in [2.24, 2.45) is 0 Å². The second-order valence-electron chi connectivity index (χ2n) is 10.9. The standard InChI is InChI=1S/C29H40N4O5/c1-21-18-24(32-14-16-36-17-15-32)12-13-33(21)26-11-10-23(19-25(26)31-28(35)38-29(2,3)4)30-27(34)37-20-22-8-6-5-7-9-22/h5-11,19,21,24H,12-18,20H2,1-4H3,(H,30,34)(H,31,35). The number of amides is 2. The Kier molecular flexibility index (Phi) is 9.12. The van der Waals surface area contributed by atoms with Gasteiger partial charge in [-0.05, 0) is 64.3 Å². The summed E-state index contributed by atoms with van der Waals surface area (Å²) in [6.07, 6.45) is 0.947. The molecule has 2 aromatic carbocycles. The minimum Gasteiger partial charge on any atom is -0.444 e. The molecule has 206 valence electrons. The van der Waals surface area contributed by atoms with Crippen LogP contribution in [0.15, 0.2) is 48.5 Å². The highest BCUT2D eigenvalue weighted by Crippen LogP contribution is 2.35. The van der Waals surface area contributed by atoms with Crippen LogP contribution in [0.2, 0.25) is 0 Å². The lowest BCUT2D eigenvalue weighted by atomic mass is 9.95. The normalized spacial score (nSPS) is 20.5.